The molecule has 0 bridgehead atoms. The van der Waals surface area contributed by atoms with Crippen LogP contribution in [0.1, 0.15) is 48.5 Å². The minimum absolute atomic E-state index is 0.175. The third-order valence-corrected chi connectivity index (χ3v) is 7.35. The lowest BCUT2D eigenvalue weighted by atomic mass is 9.72. The second-order valence-electron chi connectivity index (χ2n) is 9.76. The Hall–Kier alpha value is -2.66. The standard InChI is InChI=1S/C30H38N2O2/c1-31(2)28-17-15-24(16-18-28)29(33)14-9-21-32-22-19-27(20-23-32)30(34,25-10-5-3-6-11-25)26-12-7-4-8-13-26/h3-8,10-13,15-18,27,29,33-34H,9,14,19-23H2,1-2H3. The van der Waals surface area contributed by atoms with Crippen molar-refractivity contribution >= 4 is 5.69 Å². The molecule has 4 nitrogen and oxygen atoms in total. The van der Waals surface area contributed by atoms with E-state index in [4.69, 9.17) is 0 Å². The minimum atomic E-state index is -0.969. The number of nitrogens with zero attached hydrogens (tertiary/aromatic N) is 2. The van der Waals surface area contributed by atoms with E-state index in [9.17, 15) is 10.2 Å². The maximum absolute atomic E-state index is 12.0. The van der Waals surface area contributed by atoms with Gasteiger partial charge in [0.05, 0.1) is 6.10 Å². The van der Waals surface area contributed by atoms with E-state index >= 15 is 0 Å². The molecule has 2 N–H and O–H groups in total. The Bertz CT molecular complexity index is 957. The molecule has 0 amide bonds. The maximum Gasteiger partial charge on any atom is 0.117 e. The maximum atomic E-state index is 12.0. The zero-order chi connectivity index (χ0) is 24.0. The fourth-order valence-electron chi connectivity index (χ4n) is 5.27. The number of likely N-dealkylation sites (tertiary alicyclic amines) is 1. The molecule has 0 radical (unpaired) electrons. The number of aliphatic hydroxyl groups is 2. The molecule has 0 spiro atoms. The highest BCUT2D eigenvalue weighted by Gasteiger charge is 2.41. The smallest absolute Gasteiger partial charge is 0.117 e. The van der Waals surface area contributed by atoms with Crippen LogP contribution in [-0.4, -0.2) is 48.8 Å². The molecule has 1 unspecified atom stereocenters. The SMILES string of the molecule is CN(C)c1ccc(C(O)CCCN2CCC(C(O)(c3ccccc3)c3ccccc3)CC2)cc1. The first-order chi connectivity index (χ1) is 16.5. The van der Waals surface area contributed by atoms with E-state index in [1.54, 1.807) is 0 Å². The van der Waals surface area contributed by atoms with Gasteiger partial charge >= 0.3 is 0 Å². The summed E-state index contributed by atoms with van der Waals surface area (Å²) < 4.78 is 0. The first-order valence-electron chi connectivity index (χ1n) is 12.5. The lowest BCUT2D eigenvalue weighted by Gasteiger charge is -2.42. The van der Waals surface area contributed by atoms with Gasteiger partial charge in [0, 0.05) is 19.8 Å². The lowest BCUT2D eigenvalue weighted by molar-refractivity contribution is -0.0146. The van der Waals surface area contributed by atoms with Crippen molar-refractivity contribution in [3.05, 3.63) is 102 Å². The monoisotopic (exact) mass is 458 g/mol. The van der Waals surface area contributed by atoms with Gasteiger partial charge in [0.2, 0.25) is 0 Å². The molecule has 4 heteroatoms. The molecule has 1 aliphatic rings. The van der Waals surface area contributed by atoms with Crippen LogP contribution in [0.4, 0.5) is 5.69 Å². The van der Waals surface area contributed by atoms with E-state index in [0.717, 1.165) is 67.7 Å². The highest BCUT2D eigenvalue weighted by molar-refractivity contribution is 5.46. The van der Waals surface area contributed by atoms with Gasteiger partial charge in [-0.3, -0.25) is 0 Å². The number of hydrogen-bond acceptors (Lipinski definition) is 4. The van der Waals surface area contributed by atoms with E-state index < -0.39 is 11.7 Å². The average Bonchev–Trinajstić information content (AvgIpc) is 2.89. The molecular formula is C30H38N2O2. The quantitative estimate of drug-likeness (QED) is 0.462. The second-order valence-corrected chi connectivity index (χ2v) is 9.76. The molecule has 1 fully saturated rings. The summed E-state index contributed by atoms with van der Waals surface area (Å²) in [7, 11) is 4.05. The summed E-state index contributed by atoms with van der Waals surface area (Å²) in [6, 6.07) is 28.4. The van der Waals surface area contributed by atoms with Crippen LogP contribution in [0, 0.1) is 5.92 Å². The van der Waals surface area contributed by atoms with E-state index in [1.807, 2.05) is 86.9 Å². The van der Waals surface area contributed by atoms with Gasteiger partial charge in [-0.05, 0) is 80.1 Å². The van der Waals surface area contributed by atoms with Crippen molar-refractivity contribution in [2.24, 2.45) is 5.92 Å². The second kappa shape index (κ2) is 11.2. The predicted molar refractivity (Wildman–Crippen MR) is 140 cm³/mol. The number of rotatable bonds is 9. The van der Waals surface area contributed by atoms with Crippen molar-refractivity contribution in [3.63, 3.8) is 0 Å². The minimum Gasteiger partial charge on any atom is -0.388 e. The van der Waals surface area contributed by atoms with E-state index in [0.29, 0.717) is 0 Å². The van der Waals surface area contributed by atoms with Gasteiger partial charge in [-0.15, -0.1) is 0 Å². The van der Waals surface area contributed by atoms with Crippen LogP contribution in [-0.2, 0) is 5.60 Å². The fourth-order valence-corrected chi connectivity index (χ4v) is 5.27. The highest BCUT2D eigenvalue weighted by Crippen LogP contribution is 2.41. The van der Waals surface area contributed by atoms with Crippen LogP contribution in [0.2, 0.25) is 0 Å². The first-order valence-corrected chi connectivity index (χ1v) is 12.5. The third-order valence-electron chi connectivity index (χ3n) is 7.35. The summed E-state index contributed by atoms with van der Waals surface area (Å²) in [5, 5.41) is 22.7. The molecule has 1 heterocycles. The molecule has 0 saturated carbocycles. The van der Waals surface area contributed by atoms with Crippen molar-refractivity contribution in [2.45, 2.75) is 37.4 Å². The third kappa shape index (κ3) is 5.52. The van der Waals surface area contributed by atoms with Crippen LogP contribution in [0.25, 0.3) is 0 Å². The molecule has 1 saturated heterocycles. The summed E-state index contributed by atoms with van der Waals surface area (Å²) in [5.74, 6) is 0.175. The van der Waals surface area contributed by atoms with Crippen molar-refractivity contribution in [2.75, 3.05) is 38.6 Å². The zero-order valence-corrected chi connectivity index (χ0v) is 20.5. The van der Waals surface area contributed by atoms with Gasteiger partial charge in [0.15, 0.2) is 0 Å². The molecule has 3 aromatic carbocycles. The normalized spacial score (nSPS) is 16.4. The number of hydrogen-bond donors (Lipinski definition) is 2. The van der Waals surface area contributed by atoms with Crippen molar-refractivity contribution in [3.8, 4) is 0 Å². The molecule has 0 aliphatic carbocycles. The van der Waals surface area contributed by atoms with Gasteiger partial charge < -0.3 is 20.0 Å². The Kier molecular flexibility index (Phi) is 8.04. The van der Waals surface area contributed by atoms with Crippen molar-refractivity contribution in [1.29, 1.82) is 0 Å². The van der Waals surface area contributed by atoms with Crippen LogP contribution in [0.3, 0.4) is 0 Å². The molecule has 4 rings (SSSR count). The lowest BCUT2D eigenvalue weighted by Crippen LogP contribution is -2.44. The number of benzene rings is 3. The van der Waals surface area contributed by atoms with Crippen LogP contribution >= 0.6 is 0 Å². The number of anilines is 1. The van der Waals surface area contributed by atoms with Gasteiger partial charge in [0.1, 0.15) is 5.60 Å². The molecule has 1 atom stereocenters. The van der Waals surface area contributed by atoms with Gasteiger partial charge in [-0.1, -0.05) is 72.8 Å². The Morgan fingerprint density at radius 3 is 1.88 bits per heavy atom. The van der Waals surface area contributed by atoms with Crippen molar-refractivity contribution in [1.82, 2.24) is 4.90 Å². The molecule has 34 heavy (non-hydrogen) atoms. The van der Waals surface area contributed by atoms with E-state index in [-0.39, 0.29) is 5.92 Å². The Labute approximate surface area is 204 Å². The average molecular weight is 459 g/mol. The van der Waals surface area contributed by atoms with E-state index in [2.05, 4.69) is 21.9 Å². The molecule has 3 aromatic rings. The molecule has 1 aliphatic heterocycles. The highest BCUT2D eigenvalue weighted by atomic mass is 16.3. The van der Waals surface area contributed by atoms with Gasteiger partial charge in [-0.25, -0.2) is 0 Å². The summed E-state index contributed by atoms with van der Waals surface area (Å²) in [6.07, 6.45) is 3.21. The summed E-state index contributed by atoms with van der Waals surface area (Å²) in [4.78, 5) is 4.55. The largest absolute Gasteiger partial charge is 0.388 e. The Morgan fingerprint density at radius 2 is 1.38 bits per heavy atom. The van der Waals surface area contributed by atoms with Crippen LogP contribution in [0.5, 0.6) is 0 Å². The molecule has 180 valence electrons. The summed E-state index contributed by atoms with van der Waals surface area (Å²) in [5.41, 5.74) is 3.11. The molecular weight excluding hydrogens is 420 g/mol. The number of piperidine rings is 1. The summed E-state index contributed by atoms with van der Waals surface area (Å²) >= 11 is 0. The predicted octanol–water partition coefficient (Wildman–Crippen LogP) is 5.21. The fraction of sp³-hybridized carbons (Fsp3) is 0.400. The van der Waals surface area contributed by atoms with Gasteiger partial charge in [-0.2, -0.15) is 0 Å². The van der Waals surface area contributed by atoms with Crippen molar-refractivity contribution < 1.29 is 10.2 Å². The van der Waals surface area contributed by atoms with Gasteiger partial charge in [0.25, 0.3) is 0 Å². The Balaban J connectivity index is 1.32. The van der Waals surface area contributed by atoms with Crippen LogP contribution in [0.15, 0.2) is 84.9 Å². The Morgan fingerprint density at radius 1 is 0.853 bits per heavy atom. The zero-order valence-electron chi connectivity index (χ0n) is 20.5. The topological polar surface area (TPSA) is 46.9 Å². The van der Waals surface area contributed by atoms with Crippen LogP contribution < -0.4 is 4.90 Å². The van der Waals surface area contributed by atoms with E-state index in [1.165, 1.54) is 0 Å². The first kappa shape index (κ1) is 24.5. The summed E-state index contributed by atoms with van der Waals surface area (Å²) in [6.45, 7) is 2.93. The number of aliphatic hydroxyl groups excluding tert-OH is 1. The molecule has 0 aromatic heterocycles.